The van der Waals surface area contributed by atoms with Gasteiger partial charge in [0.1, 0.15) is 0 Å². The van der Waals surface area contributed by atoms with Gasteiger partial charge < -0.3 is 15.4 Å². The fourth-order valence-electron chi connectivity index (χ4n) is 2.16. The largest absolute Gasteiger partial charge is 0.471 e. The first kappa shape index (κ1) is 20.4. The first-order valence-electron chi connectivity index (χ1n) is 7.60. The Bertz CT molecular complexity index is 805. The van der Waals surface area contributed by atoms with Crippen LogP contribution in [0.1, 0.15) is 27.7 Å². The van der Waals surface area contributed by atoms with E-state index in [1.165, 1.54) is 37.4 Å². The van der Waals surface area contributed by atoms with Gasteiger partial charge >= 0.3 is 18.1 Å². The number of carbonyl (C=O) groups is 3. The minimum atomic E-state index is -5.05. The molecule has 2 rings (SSSR count). The summed E-state index contributed by atoms with van der Waals surface area (Å²) >= 11 is 1.13. The van der Waals surface area contributed by atoms with Crippen molar-refractivity contribution in [3.05, 3.63) is 52.2 Å². The second kappa shape index (κ2) is 8.67. The average molecular weight is 400 g/mol. The number of ether oxygens (including phenoxy) is 1. The lowest BCUT2D eigenvalue weighted by molar-refractivity contribution is -0.174. The summed E-state index contributed by atoms with van der Waals surface area (Å²) in [5.74, 6) is -3.25. The number of methoxy groups -OCH3 is 1. The van der Waals surface area contributed by atoms with E-state index in [9.17, 15) is 27.6 Å². The number of halogens is 3. The van der Waals surface area contributed by atoms with Crippen LogP contribution in [0.25, 0.3) is 0 Å². The summed E-state index contributed by atoms with van der Waals surface area (Å²) < 4.78 is 42.1. The van der Waals surface area contributed by atoms with Crippen LogP contribution in [-0.4, -0.2) is 31.1 Å². The molecule has 0 saturated carbocycles. The molecule has 0 aliphatic rings. The van der Waals surface area contributed by atoms with Gasteiger partial charge in [0, 0.05) is 10.6 Å². The van der Waals surface area contributed by atoms with Crippen molar-refractivity contribution in [1.29, 1.82) is 0 Å². The van der Waals surface area contributed by atoms with Crippen molar-refractivity contribution in [3.63, 3.8) is 0 Å². The van der Waals surface area contributed by atoms with E-state index in [1.807, 2.05) is 5.32 Å². The molecule has 0 radical (unpaired) electrons. The van der Waals surface area contributed by atoms with Crippen molar-refractivity contribution in [1.82, 2.24) is 5.32 Å². The van der Waals surface area contributed by atoms with Crippen LogP contribution in [0.3, 0.4) is 0 Å². The van der Waals surface area contributed by atoms with Gasteiger partial charge in [-0.25, -0.2) is 4.79 Å². The minimum absolute atomic E-state index is 0.282. The standard InChI is InChI=1S/C17H15F3N2O4S/c1-26-15(24)10-4-6-11(7-5-10)21-14(23)9-12(13-3-2-8-27-13)22-16(25)17(18,19)20/h2-8,12H,9H2,1H3,(H,21,23)(H,22,25). The van der Waals surface area contributed by atoms with Crippen LogP contribution in [0.5, 0.6) is 0 Å². The third-order valence-corrected chi connectivity index (χ3v) is 4.41. The van der Waals surface area contributed by atoms with Crippen LogP contribution in [0.4, 0.5) is 18.9 Å². The number of benzene rings is 1. The number of hydrogen-bond acceptors (Lipinski definition) is 5. The van der Waals surface area contributed by atoms with Gasteiger partial charge in [0.05, 0.1) is 25.1 Å². The molecule has 0 aliphatic heterocycles. The maximum Gasteiger partial charge on any atom is 0.471 e. The molecule has 27 heavy (non-hydrogen) atoms. The highest BCUT2D eigenvalue weighted by Gasteiger charge is 2.40. The summed E-state index contributed by atoms with van der Waals surface area (Å²) in [6.07, 6.45) is -5.43. The normalized spacial score (nSPS) is 12.1. The van der Waals surface area contributed by atoms with E-state index in [2.05, 4.69) is 10.1 Å². The molecule has 1 aromatic carbocycles. The predicted octanol–water partition coefficient (Wildman–Crippen LogP) is 3.28. The quantitative estimate of drug-likeness (QED) is 0.729. The molecule has 1 unspecified atom stereocenters. The van der Waals surface area contributed by atoms with E-state index < -0.39 is 30.0 Å². The van der Waals surface area contributed by atoms with Crippen molar-refractivity contribution in [2.24, 2.45) is 0 Å². The lowest BCUT2D eigenvalue weighted by Gasteiger charge is -2.18. The molecule has 10 heteroatoms. The topological polar surface area (TPSA) is 84.5 Å². The molecule has 0 aliphatic carbocycles. The van der Waals surface area contributed by atoms with Crippen LogP contribution in [0.15, 0.2) is 41.8 Å². The van der Waals surface area contributed by atoms with Crippen molar-refractivity contribution in [2.75, 3.05) is 12.4 Å². The SMILES string of the molecule is COC(=O)c1ccc(NC(=O)CC(NC(=O)C(F)(F)F)c2cccs2)cc1. The Morgan fingerprint density at radius 3 is 2.33 bits per heavy atom. The van der Waals surface area contributed by atoms with Gasteiger partial charge in [-0.05, 0) is 35.7 Å². The zero-order valence-corrected chi connectivity index (χ0v) is 14.8. The minimum Gasteiger partial charge on any atom is -0.465 e. The summed E-state index contributed by atoms with van der Waals surface area (Å²) in [6.45, 7) is 0. The average Bonchev–Trinajstić information content (AvgIpc) is 3.14. The number of thiophene rings is 1. The molecule has 1 atom stereocenters. The van der Waals surface area contributed by atoms with Crippen LogP contribution in [-0.2, 0) is 14.3 Å². The van der Waals surface area contributed by atoms with Crippen LogP contribution < -0.4 is 10.6 Å². The molecular weight excluding hydrogens is 385 g/mol. The van der Waals surface area contributed by atoms with E-state index >= 15 is 0 Å². The maximum absolute atomic E-state index is 12.5. The van der Waals surface area contributed by atoms with Gasteiger partial charge in [-0.1, -0.05) is 6.07 Å². The summed E-state index contributed by atoms with van der Waals surface area (Å²) in [4.78, 5) is 35.2. The molecule has 1 heterocycles. The number of carbonyl (C=O) groups excluding carboxylic acids is 3. The highest BCUT2D eigenvalue weighted by Crippen LogP contribution is 2.25. The molecule has 2 N–H and O–H groups in total. The first-order chi connectivity index (χ1) is 12.7. The van der Waals surface area contributed by atoms with Crippen molar-refractivity contribution >= 4 is 34.8 Å². The zero-order valence-electron chi connectivity index (χ0n) is 14.0. The van der Waals surface area contributed by atoms with Gasteiger partial charge in [0.2, 0.25) is 5.91 Å². The number of hydrogen-bond donors (Lipinski definition) is 2. The number of esters is 1. The first-order valence-corrected chi connectivity index (χ1v) is 8.48. The van der Waals surface area contributed by atoms with Crippen LogP contribution in [0, 0.1) is 0 Å². The van der Waals surface area contributed by atoms with Crippen molar-refractivity contribution in [2.45, 2.75) is 18.6 Å². The molecule has 0 spiro atoms. The van der Waals surface area contributed by atoms with E-state index in [0.717, 1.165) is 11.3 Å². The predicted molar refractivity (Wildman–Crippen MR) is 92.3 cm³/mol. The molecule has 0 fully saturated rings. The van der Waals surface area contributed by atoms with Gasteiger partial charge in [-0.3, -0.25) is 9.59 Å². The Morgan fingerprint density at radius 2 is 1.81 bits per heavy atom. The summed E-state index contributed by atoms with van der Waals surface area (Å²) in [5, 5.41) is 5.97. The second-order valence-electron chi connectivity index (χ2n) is 5.36. The Labute approximate surface area is 156 Å². The Morgan fingerprint density at radius 1 is 1.15 bits per heavy atom. The zero-order chi connectivity index (χ0) is 20.0. The van der Waals surface area contributed by atoms with Crippen molar-refractivity contribution < 1.29 is 32.3 Å². The lowest BCUT2D eigenvalue weighted by Crippen LogP contribution is -2.40. The van der Waals surface area contributed by atoms with Gasteiger partial charge in [0.25, 0.3) is 0 Å². The highest BCUT2D eigenvalue weighted by atomic mass is 32.1. The smallest absolute Gasteiger partial charge is 0.465 e. The number of nitrogens with one attached hydrogen (secondary N) is 2. The summed E-state index contributed by atoms with van der Waals surface area (Å²) in [7, 11) is 1.23. The van der Waals surface area contributed by atoms with E-state index in [-0.39, 0.29) is 12.0 Å². The van der Waals surface area contributed by atoms with Gasteiger partial charge in [-0.15, -0.1) is 11.3 Å². The third kappa shape index (κ3) is 5.81. The Balaban J connectivity index is 2.05. The molecule has 0 saturated heterocycles. The molecule has 2 amide bonds. The maximum atomic E-state index is 12.5. The molecule has 1 aromatic heterocycles. The molecule has 144 valence electrons. The number of alkyl halides is 3. The number of rotatable bonds is 6. The Kier molecular flexibility index (Phi) is 6.56. The lowest BCUT2D eigenvalue weighted by atomic mass is 10.1. The molecular formula is C17H15F3N2O4S. The highest BCUT2D eigenvalue weighted by molar-refractivity contribution is 7.10. The fraction of sp³-hybridized carbons (Fsp3) is 0.235. The second-order valence-corrected chi connectivity index (χ2v) is 6.34. The van der Waals surface area contributed by atoms with Crippen LogP contribution in [0.2, 0.25) is 0 Å². The third-order valence-electron chi connectivity index (χ3n) is 3.43. The molecule has 6 nitrogen and oxygen atoms in total. The summed E-state index contributed by atoms with van der Waals surface area (Å²) in [6, 6.07) is 7.80. The van der Waals surface area contributed by atoms with Gasteiger partial charge in [0.15, 0.2) is 0 Å². The fourth-order valence-corrected chi connectivity index (χ4v) is 2.94. The van der Waals surface area contributed by atoms with Crippen molar-refractivity contribution in [3.8, 4) is 0 Å². The number of amides is 2. The monoisotopic (exact) mass is 400 g/mol. The van der Waals surface area contributed by atoms with E-state index in [0.29, 0.717) is 10.6 Å². The van der Waals surface area contributed by atoms with Gasteiger partial charge in [-0.2, -0.15) is 13.2 Å². The van der Waals surface area contributed by atoms with E-state index in [1.54, 1.807) is 11.4 Å². The number of anilines is 1. The summed E-state index contributed by atoms with van der Waals surface area (Å²) in [5.41, 5.74) is 0.629. The van der Waals surface area contributed by atoms with E-state index in [4.69, 9.17) is 0 Å². The molecule has 2 aromatic rings. The molecule has 0 bridgehead atoms. The Hall–Kier alpha value is -2.88. The van der Waals surface area contributed by atoms with Crippen LogP contribution >= 0.6 is 11.3 Å².